The van der Waals surface area contributed by atoms with Crippen LogP contribution in [0.3, 0.4) is 0 Å². The monoisotopic (exact) mass is 389 g/mol. The number of fused-ring (bicyclic) bond motifs is 2. The third-order valence-corrected chi connectivity index (χ3v) is 5.70. The second kappa shape index (κ2) is 6.32. The minimum atomic E-state index is -4.42. The van der Waals surface area contributed by atoms with Crippen molar-refractivity contribution in [3.63, 3.8) is 0 Å². The molecule has 2 fully saturated rings. The first-order valence-electron chi connectivity index (χ1n) is 9.21. The van der Waals surface area contributed by atoms with Crippen LogP contribution in [-0.2, 0) is 6.18 Å². The first-order valence-corrected chi connectivity index (χ1v) is 9.21. The fourth-order valence-corrected chi connectivity index (χ4v) is 4.35. The standard InChI is InChI=1S/C18H18F3N7/c19-18(20,21)13-2-1-7-22-17(13)27-9-6-12-5-8-26(10-14(12)27)16-4-3-15-24-23-11-28(15)25-16/h1-4,7,11-12,14H,5-6,8-10H2. The summed E-state index contributed by atoms with van der Waals surface area (Å²) in [7, 11) is 0. The Morgan fingerprint density at radius 3 is 2.79 bits per heavy atom. The number of halogens is 3. The summed E-state index contributed by atoms with van der Waals surface area (Å²) in [5.74, 6) is 1.17. The molecule has 2 aliphatic rings. The van der Waals surface area contributed by atoms with Crippen LogP contribution in [0.25, 0.3) is 5.65 Å². The van der Waals surface area contributed by atoms with Crippen molar-refractivity contribution in [1.29, 1.82) is 0 Å². The maximum absolute atomic E-state index is 13.5. The molecule has 0 spiro atoms. The van der Waals surface area contributed by atoms with E-state index in [4.69, 9.17) is 0 Å². The molecule has 0 aliphatic carbocycles. The smallest absolute Gasteiger partial charge is 0.353 e. The Labute approximate surface area is 158 Å². The van der Waals surface area contributed by atoms with Gasteiger partial charge in [-0.25, -0.2) is 4.98 Å². The van der Waals surface area contributed by atoms with Gasteiger partial charge in [0.15, 0.2) is 5.65 Å². The second-order valence-electron chi connectivity index (χ2n) is 7.24. The van der Waals surface area contributed by atoms with Crippen LogP contribution in [-0.4, -0.2) is 50.5 Å². The van der Waals surface area contributed by atoms with E-state index in [0.29, 0.717) is 24.7 Å². The minimum Gasteiger partial charge on any atom is -0.353 e. The minimum absolute atomic E-state index is 0.0249. The maximum Gasteiger partial charge on any atom is 0.419 e. The molecule has 146 valence electrons. The fraction of sp³-hybridized carbons (Fsp3) is 0.444. The van der Waals surface area contributed by atoms with Gasteiger partial charge < -0.3 is 9.80 Å². The number of aromatic nitrogens is 5. The number of hydrogen-bond donors (Lipinski definition) is 0. The fourth-order valence-electron chi connectivity index (χ4n) is 4.35. The van der Waals surface area contributed by atoms with Gasteiger partial charge in [0.2, 0.25) is 0 Å². The number of piperidine rings is 1. The number of hydrogen-bond acceptors (Lipinski definition) is 6. The van der Waals surface area contributed by atoms with E-state index in [0.717, 1.165) is 31.3 Å². The largest absolute Gasteiger partial charge is 0.419 e. The van der Waals surface area contributed by atoms with E-state index < -0.39 is 11.7 Å². The van der Waals surface area contributed by atoms with E-state index in [2.05, 4.69) is 25.2 Å². The Balaban J connectivity index is 1.45. The van der Waals surface area contributed by atoms with Gasteiger partial charge in [0.25, 0.3) is 0 Å². The summed E-state index contributed by atoms with van der Waals surface area (Å²) in [6, 6.07) is 6.14. The first kappa shape index (κ1) is 17.2. The van der Waals surface area contributed by atoms with Crippen LogP contribution in [0, 0.1) is 5.92 Å². The normalized spacial score (nSPS) is 22.7. The molecule has 2 unspecified atom stereocenters. The first-order chi connectivity index (χ1) is 13.5. The van der Waals surface area contributed by atoms with Crippen LogP contribution in [0.4, 0.5) is 24.8 Å². The molecule has 0 radical (unpaired) electrons. The Hall–Kier alpha value is -2.91. The van der Waals surface area contributed by atoms with Crippen LogP contribution in [0.15, 0.2) is 36.8 Å². The number of pyridine rings is 1. The Morgan fingerprint density at radius 2 is 1.93 bits per heavy atom. The summed E-state index contributed by atoms with van der Waals surface area (Å²) in [6.45, 7) is 2.02. The van der Waals surface area contributed by atoms with Crippen molar-refractivity contribution >= 4 is 17.3 Å². The quantitative estimate of drug-likeness (QED) is 0.672. The third kappa shape index (κ3) is 2.83. The zero-order valence-corrected chi connectivity index (χ0v) is 14.9. The lowest BCUT2D eigenvalue weighted by molar-refractivity contribution is -0.137. The SMILES string of the molecule is FC(F)(F)c1cccnc1N1CCC2CCN(c3ccc4nncn4n3)CC21. The van der Waals surface area contributed by atoms with Crippen molar-refractivity contribution in [2.24, 2.45) is 5.92 Å². The van der Waals surface area contributed by atoms with Gasteiger partial charge in [0.1, 0.15) is 18.0 Å². The average molecular weight is 389 g/mol. The molecule has 7 nitrogen and oxygen atoms in total. The molecule has 3 aromatic heterocycles. The van der Waals surface area contributed by atoms with Crippen molar-refractivity contribution in [3.8, 4) is 0 Å². The highest BCUT2D eigenvalue weighted by molar-refractivity contribution is 5.52. The summed E-state index contributed by atoms with van der Waals surface area (Å²) < 4.78 is 42.1. The molecule has 0 amide bonds. The summed E-state index contributed by atoms with van der Waals surface area (Å²) in [6.07, 6.45) is 0.343. The molecule has 5 rings (SSSR count). The number of nitrogens with zero attached hydrogens (tertiary/aromatic N) is 7. The van der Waals surface area contributed by atoms with Gasteiger partial charge in [-0.2, -0.15) is 17.7 Å². The van der Waals surface area contributed by atoms with Crippen molar-refractivity contribution in [2.75, 3.05) is 29.4 Å². The highest BCUT2D eigenvalue weighted by Crippen LogP contribution is 2.41. The summed E-state index contributed by atoms with van der Waals surface area (Å²) >= 11 is 0. The zero-order valence-electron chi connectivity index (χ0n) is 14.9. The van der Waals surface area contributed by atoms with Crippen molar-refractivity contribution in [2.45, 2.75) is 25.1 Å². The van der Waals surface area contributed by atoms with Crippen molar-refractivity contribution in [3.05, 3.63) is 42.4 Å². The summed E-state index contributed by atoms with van der Waals surface area (Å²) in [4.78, 5) is 8.05. The molecule has 10 heteroatoms. The van der Waals surface area contributed by atoms with Crippen molar-refractivity contribution < 1.29 is 13.2 Å². The molecule has 0 bridgehead atoms. The van der Waals surface area contributed by atoms with Gasteiger partial charge in [-0.05, 0) is 43.0 Å². The Kier molecular flexibility index (Phi) is 3.88. The molecule has 2 saturated heterocycles. The molecule has 2 aliphatic heterocycles. The molecular formula is C18H18F3N7. The lowest BCUT2D eigenvalue weighted by atomic mass is 9.92. The molecule has 0 N–H and O–H groups in total. The van der Waals surface area contributed by atoms with Gasteiger partial charge in [0.05, 0.1) is 11.6 Å². The van der Waals surface area contributed by atoms with Gasteiger partial charge in [0, 0.05) is 25.8 Å². The van der Waals surface area contributed by atoms with E-state index in [9.17, 15) is 13.2 Å². The zero-order chi connectivity index (χ0) is 19.3. The van der Waals surface area contributed by atoms with Crippen LogP contribution >= 0.6 is 0 Å². The van der Waals surface area contributed by atoms with Crippen LogP contribution < -0.4 is 9.80 Å². The predicted molar refractivity (Wildman–Crippen MR) is 96.1 cm³/mol. The molecule has 3 aromatic rings. The molecular weight excluding hydrogens is 371 g/mol. The van der Waals surface area contributed by atoms with Gasteiger partial charge in [-0.3, -0.25) is 0 Å². The molecule has 0 saturated carbocycles. The highest BCUT2D eigenvalue weighted by Gasteiger charge is 2.43. The van der Waals surface area contributed by atoms with E-state index in [1.807, 2.05) is 17.0 Å². The topological polar surface area (TPSA) is 62.5 Å². The van der Waals surface area contributed by atoms with Crippen LogP contribution in [0.5, 0.6) is 0 Å². The lowest BCUT2D eigenvalue weighted by Gasteiger charge is -2.39. The van der Waals surface area contributed by atoms with Crippen LogP contribution in [0.2, 0.25) is 0 Å². The van der Waals surface area contributed by atoms with E-state index in [1.54, 1.807) is 4.52 Å². The van der Waals surface area contributed by atoms with Gasteiger partial charge in [-0.15, -0.1) is 15.3 Å². The number of anilines is 2. The summed E-state index contributed by atoms with van der Waals surface area (Å²) in [5.41, 5.74) is -0.0127. The molecule has 0 aromatic carbocycles. The summed E-state index contributed by atoms with van der Waals surface area (Å²) in [5, 5.41) is 12.3. The van der Waals surface area contributed by atoms with Crippen LogP contribution in [0.1, 0.15) is 18.4 Å². The predicted octanol–water partition coefficient (Wildman–Crippen LogP) is 2.64. The average Bonchev–Trinajstić information content (AvgIpc) is 3.33. The van der Waals surface area contributed by atoms with E-state index >= 15 is 0 Å². The third-order valence-electron chi connectivity index (χ3n) is 5.70. The van der Waals surface area contributed by atoms with Crippen molar-refractivity contribution in [1.82, 2.24) is 24.8 Å². The highest BCUT2D eigenvalue weighted by atomic mass is 19.4. The molecule has 5 heterocycles. The van der Waals surface area contributed by atoms with Gasteiger partial charge in [-0.1, -0.05) is 0 Å². The molecule has 28 heavy (non-hydrogen) atoms. The Morgan fingerprint density at radius 1 is 1.07 bits per heavy atom. The second-order valence-corrected chi connectivity index (χ2v) is 7.24. The molecule has 2 atom stereocenters. The van der Waals surface area contributed by atoms with E-state index in [1.165, 1.54) is 18.6 Å². The van der Waals surface area contributed by atoms with E-state index in [-0.39, 0.29) is 11.9 Å². The van der Waals surface area contributed by atoms with Gasteiger partial charge >= 0.3 is 6.18 Å². The number of alkyl halides is 3. The lowest BCUT2D eigenvalue weighted by Crippen LogP contribution is -2.49. The Bertz CT molecular complexity index is 1000. The maximum atomic E-state index is 13.5. The number of rotatable bonds is 2.